The minimum absolute atomic E-state index is 0.654. The molecule has 0 amide bonds. The third-order valence-electron chi connectivity index (χ3n) is 5.67. The predicted molar refractivity (Wildman–Crippen MR) is 129 cm³/mol. The first kappa shape index (κ1) is 20.5. The fraction of sp³-hybridized carbons (Fsp3) is 0.348. The quantitative estimate of drug-likeness (QED) is 0.212. The van der Waals surface area contributed by atoms with Crippen LogP contribution in [0.3, 0.4) is 0 Å². The number of hydrogen-bond acceptors (Lipinski definition) is 5. The Morgan fingerprint density at radius 2 is 2.00 bits per heavy atom. The first-order valence-corrected chi connectivity index (χ1v) is 12.9. The number of pyridine rings is 1. The largest absolute Gasteiger partial charge is 0.242 e. The zero-order valence-electron chi connectivity index (χ0n) is 16.7. The van der Waals surface area contributed by atoms with E-state index in [2.05, 4.69) is 16.9 Å². The Balaban J connectivity index is 1.57. The SMILES string of the molecule is CCCCc1nc2sc3c(SCc4ccc(Cl)cc4Cl)ncnc3c2c2c1CCC2. The highest BCUT2D eigenvalue weighted by Crippen LogP contribution is 2.42. The van der Waals surface area contributed by atoms with Crippen LogP contribution in [0.5, 0.6) is 0 Å². The summed E-state index contributed by atoms with van der Waals surface area (Å²) in [5, 5.41) is 3.60. The molecule has 3 nitrogen and oxygen atoms in total. The van der Waals surface area contributed by atoms with Crippen molar-refractivity contribution < 1.29 is 0 Å². The minimum Gasteiger partial charge on any atom is -0.242 e. The molecule has 7 heteroatoms. The van der Waals surface area contributed by atoms with Gasteiger partial charge in [0.25, 0.3) is 0 Å². The monoisotopic (exact) mass is 473 g/mol. The number of unbranched alkanes of at least 4 members (excludes halogenated alkanes) is 1. The molecule has 30 heavy (non-hydrogen) atoms. The average molecular weight is 474 g/mol. The molecular weight excluding hydrogens is 453 g/mol. The Hall–Kier alpha value is -1.40. The average Bonchev–Trinajstić information content (AvgIpc) is 3.36. The molecule has 0 N–H and O–H groups in total. The van der Waals surface area contributed by atoms with Crippen molar-refractivity contribution in [3.63, 3.8) is 0 Å². The number of thioether (sulfide) groups is 1. The lowest BCUT2D eigenvalue weighted by atomic mass is 10.0. The van der Waals surface area contributed by atoms with E-state index in [9.17, 15) is 0 Å². The standard InChI is InChI=1S/C23H21Cl2N3S2/c1-2-3-7-18-15-5-4-6-16(15)19-20-21(30-22(19)28-18)23(27-12-26-20)29-11-13-8-9-14(24)10-17(13)25/h8-10,12H,2-7,11H2,1H3. The Morgan fingerprint density at radius 3 is 2.83 bits per heavy atom. The van der Waals surface area contributed by atoms with E-state index in [-0.39, 0.29) is 0 Å². The lowest BCUT2D eigenvalue weighted by Gasteiger charge is -2.08. The van der Waals surface area contributed by atoms with Crippen molar-refractivity contribution in [1.82, 2.24) is 15.0 Å². The highest BCUT2D eigenvalue weighted by Gasteiger charge is 2.24. The van der Waals surface area contributed by atoms with E-state index in [1.807, 2.05) is 12.1 Å². The van der Waals surface area contributed by atoms with E-state index >= 15 is 0 Å². The van der Waals surface area contributed by atoms with Crippen LogP contribution in [0.25, 0.3) is 20.4 Å². The lowest BCUT2D eigenvalue weighted by molar-refractivity contribution is 0.770. The van der Waals surface area contributed by atoms with Crippen molar-refractivity contribution in [2.75, 3.05) is 0 Å². The summed E-state index contributed by atoms with van der Waals surface area (Å²) in [6.45, 7) is 2.24. The van der Waals surface area contributed by atoms with Crippen LogP contribution in [0.1, 0.15) is 48.6 Å². The zero-order valence-corrected chi connectivity index (χ0v) is 19.8. The maximum absolute atomic E-state index is 6.36. The molecule has 0 unspecified atom stereocenters. The molecule has 3 aromatic heterocycles. The van der Waals surface area contributed by atoms with E-state index in [1.165, 1.54) is 41.5 Å². The van der Waals surface area contributed by atoms with Gasteiger partial charge in [0.05, 0.1) is 10.2 Å². The molecule has 3 heterocycles. The van der Waals surface area contributed by atoms with Gasteiger partial charge in [-0.25, -0.2) is 15.0 Å². The van der Waals surface area contributed by atoms with Gasteiger partial charge in [0.15, 0.2) is 0 Å². The molecule has 154 valence electrons. The molecule has 1 aliphatic rings. The summed E-state index contributed by atoms with van der Waals surface area (Å²) in [7, 11) is 0. The lowest BCUT2D eigenvalue weighted by Crippen LogP contribution is -1.98. The molecule has 1 aliphatic carbocycles. The molecule has 0 spiro atoms. The summed E-state index contributed by atoms with van der Waals surface area (Å²) in [5.41, 5.74) is 6.38. The second kappa shape index (κ2) is 8.62. The molecule has 0 aliphatic heterocycles. The van der Waals surface area contributed by atoms with Crippen LogP contribution < -0.4 is 0 Å². The molecule has 4 aromatic rings. The number of thiophene rings is 1. The van der Waals surface area contributed by atoms with E-state index in [0.29, 0.717) is 10.0 Å². The van der Waals surface area contributed by atoms with Gasteiger partial charge in [-0.05, 0) is 60.9 Å². The molecule has 1 aromatic carbocycles. The highest BCUT2D eigenvalue weighted by atomic mass is 35.5. The molecule has 5 rings (SSSR count). The highest BCUT2D eigenvalue weighted by molar-refractivity contribution is 7.98. The van der Waals surface area contributed by atoms with Crippen molar-refractivity contribution in [3.8, 4) is 0 Å². The predicted octanol–water partition coefficient (Wildman–Crippen LogP) is 7.67. The van der Waals surface area contributed by atoms with Crippen LogP contribution in [0, 0.1) is 0 Å². The molecule has 0 fully saturated rings. The third-order valence-corrected chi connectivity index (χ3v) is 8.51. The third kappa shape index (κ3) is 3.70. The Kier molecular flexibility index (Phi) is 5.89. The Morgan fingerprint density at radius 1 is 1.13 bits per heavy atom. The summed E-state index contributed by atoms with van der Waals surface area (Å²) in [6.07, 6.45) is 8.65. The zero-order chi connectivity index (χ0) is 20.7. The van der Waals surface area contributed by atoms with E-state index in [1.54, 1.807) is 35.5 Å². The fourth-order valence-electron chi connectivity index (χ4n) is 4.19. The van der Waals surface area contributed by atoms with Gasteiger partial charge in [-0.1, -0.05) is 42.6 Å². The number of aryl methyl sites for hydroxylation is 2. The normalized spacial score (nSPS) is 13.4. The summed E-state index contributed by atoms with van der Waals surface area (Å²) in [5.74, 6) is 0.740. The molecule has 0 saturated heterocycles. The smallest absolute Gasteiger partial charge is 0.126 e. The number of aromatic nitrogens is 3. The van der Waals surface area contributed by atoms with Crippen LogP contribution in [-0.2, 0) is 25.0 Å². The summed E-state index contributed by atoms with van der Waals surface area (Å²) < 4.78 is 1.14. The Labute approximate surface area is 194 Å². The topological polar surface area (TPSA) is 38.7 Å². The van der Waals surface area contributed by atoms with Crippen LogP contribution in [0.2, 0.25) is 10.0 Å². The maximum Gasteiger partial charge on any atom is 0.126 e. The second-order valence-electron chi connectivity index (χ2n) is 7.64. The fourth-order valence-corrected chi connectivity index (χ4v) is 7.01. The number of nitrogens with zero attached hydrogens (tertiary/aromatic N) is 3. The van der Waals surface area contributed by atoms with Crippen molar-refractivity contribution >= 4 is 66.7 Å². The van der Waals surface area contributed by atoms with Gasteiger partial charge in [0.1, 0.15) is 16.2 Å². The van der Waals surface area contributed by atoms with Crippen molar-refractivity contribution in [2.45, 2.75) is 56.2 Å². The van der Waals surface area contributed by atoms with Crippen LogP contribution in [0.4, 0.5) is 0 Å². The van der Waals surface area contributed by atoms with E-state index in [0.717, 1.165) is 50.7 Å². The minimum atomic E-state index is 0.654. The number of fused-ring (bicyclic) bond motifs is 5. The Bertz CT molecular complexity index is 1250. The van der Waals surface area contributed by atoms with Crippen molar-refractivity contribution in [3.05, 3.63) is 57.0 Å². The molecular formula is C23H21Cl2N3S2. The maximum atomic E-state index is 6.36. The van der Waals surface area contributed by atoms with Crippen LogP contribution >= 0.6 is 46.3 Å². The van der Waals surface area contributed by atoms with Gasteiger partial charge in [-0.3, -0.25) is 0 Å². The van der Waals surface area contributed by atoms with Crippen LogP contribution in [0.15, 0.2) is 29.6 Å². The van der Waals surface area contributed by atoms with Gasteiger partial charge in [0, 0.05) is 26.9 Å². The number of benzene rings is 1. The first-order valence-electron chi connectivity index (χ1n) is 10.3. The van der Waals surface area contributed by atoms with Gasteiger partial charge < -0.3 is 0 Å². The number of rotatable bonds is 6. The second-order valence-corrected chi connectivity index (χ2v) is 10.4. The van der Waals surface area contributed by atoms with Gasteiger partial charge in [-0.2, -0.15) is 0 Å². The molecule has 0 atom stereocenters. The first-order chi connectivity index (χ1) is 14.7. The van der Waals surface area contributed by atoms with E-state index in [4.69, 9.17) is 28.2 Å². The van der Waals surface area contributed by atoms with Gasteiger partial charge >= 0.3 is 0 Å². The van der Waals surface area contributed by atoms with Crippen LogP contribution in [-0.4, -0.2) is 15.0 Å². The summed E-state index contributed by atoms with van der Waals surface area (Å²) in [4.78, 5) is 15.5. The van der Waals surface area contributed by atoms with Crippen molar-refractivity contribution in [1.29, 1.82) is 0 Å². The summed E-state index contributed by atoms with van der Waals surface area (Å²) in [6, 6.07) is 5.65. The number of halogens is 2. The molecule has 0 bridgehead atoms. The van der Waals surface area contributed by atoms with Gasteiger partial charge in [-0.15, -0.1) is 23.1 Å². The number of hydrogen-bond donors (Lipinski definition) is 0. The molecule has 0 radical (unpaired) electrons. The van der Waals surface area contributed by atoms with Crippen molar-refractivity contribution in [2.24, 2.45) is 0 Å². The molecule has 0 saturated carbocycles. The van der Waals surface area contributed by atoms with E-state index < -0.39 is 0 Å². The van der Waals surface area contributed by atoms with Gasteiger partial charge in [0.2, 0.25) is 0 Å². The summed E-state index contributed by atoms with van der Waals surface area (Å²) >= 11 is 15.8.